The molecule has 7 heteroatoms. The molecule has 0 aliphatic heterocycles. The van der Waals surface area contributed by atoms with Crippen molar-refractivity contribution in [1.29, 1.82) is 0 Å². The molecule has 0 spiro atoms. The minimum absolute atomic E-state index is 0.0783. The molecule has 0 aromatic heterocycles. The smallest absolute Gasteiger partial charge is 0.285 e. The van der Waals surface area contributed by atoms with Gasteiger partial charge in [0.25, 0.3) is 5.13 Å². The number of allylic oxidation sites excluding steroid dienone is 2. The van der Waals surface area contributed by atoms with E-state index in [1.807, 2.05) is 0 Å². The highest BCUT2D eigenvalue weighted by atomic mass is 35.5. The highest BCUT2D eigenvalue weighted by Crippen LogP contribution is 2.63. The molecule has 108 valence electrons. The van der Waals surface area contributed by atoms with Gasteiger partial charge in [0.15, 0.2) is 11.7 Å². The van der Waals surface area contributed by atoms with Crippen molar-refractivity contribution >= 4 is 17.4 Å². The quantitative estimate of drug-likeness (QED) is 0.562. The zero-order valence-electron chi connectivity index (χ0n) is 10.1. The number of alkyl halides is 4. The third-order valence-electron chi connectivity index (χ3n) is 3.96. The first-order valence-corrected chi connectivity index (χ1v) is 6.38. The zero-order valence-corrected chi connectivity index (χ0v) is 10.8. The van der Waals surface area contributed by atoms with Crippen molar-refractivity contribution in [2.24, 2.45) is 5.92 Å². The van der Waals surface area contributed by atoms with Crippen LogP contribution in [0.1, 0.15) is 32.6 Å². The summed E-state index contributed by atoms with van der Waals surface area (Å²) in [5.41, 5.74) is -7.12. The van der Waals surface area contributed by atoms with Crippen LogP contribution >= 0.6 is 11.6 Å². The molecule has 1 nitrogen and oxygen atoms in total. The Hall–Kier alpha value is -0.650. The highest BCUT2D eigenvalue weighted by molar-refractivity contribution is 6.37. The molecule has 3 aliphatic rings. The van der Waals surface area contributed by atoms with Crippen molar-refractivity contribution in [3.8, 4) is 0 Å². The molecule has 1 fully saturated rings. The van der Waals surface area contributed by atoms with Crippen LogP contribution in [-0.4, -0.2) is 22.2 Å². The number of halogens is 6. The van der Waals surface area contributed by atoms with E-state index in [1.54, 1.807) is 6.92 Å². The molecule has 1 saturated carbocycles. The second-order valence-electron chi connectivity index (χ2n) is 5.09. The first-order valence-electron chi connectivity index (χ1n) is 6.00. The third kappa shape index (κ3) is 1.55. The Morgan fingerprint density at radius 3 is 2.37 bits per heavy atom. The van der Waals surface area contributed by atoms with E-state index in [0.717, 1.165) is 0 Å². The number of rotatable bonds is 3. The lowest BCUT2D eigenvalue weighted by molar-refractivity contribution is -0.168. The molecule has 0 radical (unpaired) electrons. The molecule has 0 aromatic rings. The molecule has 4 unspecified atom stereocenters. The van der Waals surface area contributed by atoms with Crippen LogP contribution in [0.2, 0.25) is 0 Å². The molecular formula is C12H12ClF5O. The predicted molar refractivity (Wildman–Crippen MR) is 59.3 cm³/mol. The Morgan fingerprint density at radius 1 is 1.26 bits per heavy atom. The van der Waals surface area contributed by atoms with Crippen molar-refractivity contribution in [1.82, 2.24) is 0 Å². The van der Waals surface area contributed by atoms with Crippen LogP contribution in [-0.2, 0) is 4.79 Å². The maximum atomic E-state index is 14.6. The van der Waals surface area contributed by atoms with E-state index in [2.05, 4.69) is 0 Å². The van der Waals surface area contributed by atoms with E-state index >= 15 is 0 Å². The number of carbonyl (C=O) groups is 1. The fraction of sp³-hybridized carbons (Fsp3) is 0.750. The summed E-state index contributed by atoms with van der Waals surface area (Å²) < 4.78 is 70.0. The second-order valence-corrected chi connectivity index (χ2v) is 5.61. The fourth-order valence-electron chi connectivity index (χ4n) is 2.83. The monoisotopic (exact) mass is 302 g/mol. The molecule has 3 aliphatic carbocycles. The summed E-state index contributed by atoms with van der Waals surface area (Å²) in [5.74, 6) is -7.99. The van der Waals surface area contributed by atoms with E-state index in [-0.39, 0.29) is 6.42 Å². The minimum Gasteiger partial charge on any atom is -0.290 e. The molecule has 3 rings (SSSR count). The van der Waals surface area contributed by atoms with Gasteiger partial charge in [0, 0.05) is 12.3 Å². The van der Waals surface area contributed by atoms with Crippen molar-refractivity contribution in [3.05, 3.63) is 11.7 Å². The van der Waals surface area contributed by atoms with Crippen molar-refractivity contribution in [2.75, 3.05) is 0 Å². The first kappa shape index (κ1) is 14.8. The maximum Gasteiger partial charge on any atom is 0.285 e. The topological polar surface area (TPSA) is 17.1 Å². The Morgan fingerprint density at radius 2 is 1.84 bits per heavy atom. The predicted octanol–water partition coefficient (Wildman–Crippen LogP) is 4.25. The molecule has 2 bridgehead atoms. The van der Waals surface area contributed by atoms with Gasteiger partial charge >= 0.3 is 0 Å². The zero-order chi connectivity index (χ0) is 14.6. The van der Waals surface area contributed by atoms with Crippen LogP contribution in [0.25, 0.3) is 0 Å². The van der Waals surface area contributed by atoms with Gasteiger partial charge in [-0.05, 0) is 6.42 Å². The summed E-state index contributed by atoms with van der Waals surface area (Å²) in [6.45, 7) is 1.75. The summed E-state index contributed by atoms with van der Waals surface area (Å²) in [4.78, 5) is 11.4. The van der Waals surface area contributed by atoms with E-state index in [4.69, 9.17) is 11.6 Å². The van der Waals surface area contributed by atoms with Crippen LogP contribution in [0.4, 0.5) is 22.0 Å². The number of carbonyl (C=O) groups excluding carboxylic acids is 1. The van der Waals surface area contributed by atoms with Gasteiger partial charge in [-0.2, -0.15) is 0 Å². The van der Waals surface area contributed by atoms with Crippen LogP contribution in [0, 0.1) is 5.92 Å². The molecular weight excluding hydrogens is 291 g/mol. The average Bonchev–Trinajstić information content (AvgIpc) is 2.36. The summed E-state index contributed by atoms with van der Waals surface area (Å²) in [7, 11) is 0. The minimum atomic E-state index is -3.90. The van der Waals surface area contributed by atoms with Crippen molar-refractivity contribution < 1.29 is 26.7 Å². The number of Topliss-reactive ketones (excluding diaryl/α,β-unsaturated/α-hetero) is 1. The van der Waals surface area contributed by atoms with Gasteiger partial charge in [0.1, 0.15) is 0 Å². The number of unbranched alkanes of at least 4 members (excludes halogenated alkanes) is 1. The van der Waals surface area contributed by atoms with E-state index < -0.39 is 46.2 Å². The lowest BCUT2D eigenvalue weighted by Gasteiger charge is -2.51. The number of fused-ring (bicyclic) bond motifs is 2. The summed E-state index contributed by atoms with van der Waals surface area (Å²) in [6.07, 6.45) is -0.0529. The average molecular weight is 303 g/mol. The van der Waals surface area contributed by atoms with Crippen molar-refractivity contribution in [2.45, 2.75) is 49.1 Å². The van der Waals surface area contributed by atoms with Gasteiger partial charge in [-0.1, -0.05) is 31.4 Å². The largest absolute Gasteiger partial charge is 0.290 e. The van der Waals surface area contributed by atoms with Gasteiger partial charge in [0.2, 0.25) is 17.1 Å². The maximum absolute atomic E-state index is 14.6. The van der Waals surface area contributed by atoms with Crippen molar-refractivity contribution in [3.63, 3.8) is 0 Å². The van der Waals surface area contributed by atoms with Crippen LogP contribution in [0.5, 0.6) is 0 Å². The number of hydrogen-bond acceptors (Lipinski definition) is 1. The molecule has 0 amide bonds. The lowest BCUT2D eigenvalue weighted by Crippen LogP contribution is -2.69. The van der Waals surface area contributed by atoms with E-state index in [9.17, 15) is 26.7 Å². The lowest BCUT2D eigenvalue weighted by atomic mass is 9.61. The van der Waals surface area contributed by atoms with Gasteiger partial charge in [-0.3, -0.25) is 4.79 Å². The van der Waals surface area contributed by atoms with Crippen LogP contribution < -0.4 is 0 Å². The van der Waals surface area contributed by atoms with E-state index in [0.29, 0.717) is 12.8 Å². The van der Waals surface area contributed by atoms with Crippen LogP contribution in [0.3, 0.4) is 0 Å². The fourth-order valence-corrected chi connectivity index (χ4v) is 3.22. The number of hydrogen-bond donors (Lipinski definition) is 0. The van der Waals surface area contributed by atoms with Gasteiger partial charge in [-0.15, -0.1) is 0 Å². The summed E-state index contributed by atoms with van der Waals surface area (Å²) >= 11 is 5.11. The summed E-state index contributed by atoms with van der Waals surface area (Å²) in [6, 6.07) is 0. The highest BCUT2D eigenvalue weighted by Gasteiger charge is 2.79. The van der Waals surface area contributed by atoms with Crippen LogP contribution in [0.15, 0.2) is 11.7 Å². The second kappa shape index (κ2) is 4.17. The Balaban J connectivity index is 2.58. The SMILES string of the molecule is CCCCC1CC2(F)C(=O)C(F)(Cl)C1(F)C(F)=C2F. The first-order chi connectivity index (χ1) is 8.64. The molecule has 19 heavy (non-hydrogen) atoms. The molecule has 0 saturated heterocycles. The molecule has 0 heterocycles. The summed E-state index contributed by atoms with van der Waals surface area (Å²) in [5, 5.41) is -3.90. The Kier molecular flexibility index (Phi) is 3.24. The van der Waals surface area contributed by atoms with E-state index in [1.165, 1.54) is 0 Å². The number of ketones is 1. The van der Waals surface area contributed by atoms with Gasteiger partial charge < -0.3 is 0 Å². The standard InChI is InChI=1S/C12H12ClF5O/c1-2-3-4-6-5-10(16)7(14)8(15)11(6,17)12(13,18)9(10)19/h6H,2-5H2,1H3. The van der Waals surface area contributed by atoms with Gasteiger partial charge in [0.05, 0.1) is 0 Å². The Labute approximate surface area is 111 Å². The molecule has 0 N–H and O–H groups in total. The third-order valence-corrected chi connectivity index (χ3v) is 4.41. The normalized spacial score (nSPS) is 46.1. The Bertz CT molecular complexity index is 463. The molecule has 0 aromatic carbocycles. The van der Waals surface area contributed by atoms with Gasteiger partial charge in [-0.25, -0.2) is 22.0 Å². The molecule has 4 atom stereocenters.